The molecule has 20 heavy (non-hydrogen) atoms. The quantitative estimate of drug-likeness (QED) is 0.866. The van der Waals surface area contributed by atoms with Crippen LogP contribution in [-0.4, -0.2) is 22.0 Å². The van der Waals surface area contributed by atoms with Crippen molar-refractivity contribution < 1.29 is 9.18 Å². The summed E-state index contributed by atoms with van der Waals surface area (Å²) in [7, 11) is 0. The molecule has 2 atom stereocenters. The molecular formula is C14H15ClFN3O. The summed E-state index contributed by atoms with van der Waals surface area (Å²) in [4.78, 5) is 16.5. The molecule has 6 heteroatoms. The van der Waals surface area contributed by atoms with Crippen LogP contribution < -0.4 is 5.32 Å². The molecule has 1 aromatic heterocycles. The van der Waals surface area contributed by atoms with Gasteiger partial charge in [0.15, 0.2) is 0 Å². The lowest BCUT2D eigenvalue weighted by Gasteiger charge is -2.25. The second-order valence-corrected chi connectivity index (χ2v) is 5.69. The number of rotatable bonds is 2. The predicted molar refractivity (Wildman–Crippen MR) is 75.2 cm³/mol. The summed E-state index contributed by atoms with van der Waals surface area (Å²) in [6.45, 7) is 2.50. The highest BCUT2D eigenvalue weighted by Gasteiger charge is 2.29. The zero-order valence-electron chi connectivity index (χ0n) is 11.1. The van der Waals surface area contributed by atoms with Crippen molar-refractivity contribution in [1.82, 2.24) is 14.9 Å². The number of piperidine rings is 1. The molecule has 3 rings (SSSR count). The minimum Gasteiger partial charge on any atom is -0.354 e. The predicted octanol–water partition coefficient (Wildman–Crippen LogP) is 2.93. The number of amides is 1. The normalized spacial score (nSPS) is 20.9. The van der Waals surface area contributed by atoms with Gasteiger partial charge in [-0.05, 0) is 31.9 Å². The van der Waals surface area contributed by atoms with E-state index in [1.807, 2.05) is 4.57 Å². The average molecular weight is 296 g/mol. The molecule has 1 fully saturated rings. The van der Waals surface area contributed by atoms with Crippen molar-refractivity contribution in [1.29, 1.82) is 0 Å². The van der Waals surface area contributed by atoms with Crippen LogP contribution in [0.1, 0.15) is 37.0 Å². The Hall–Kier alpha value is -1.62. The lowest BCUT2D eigenvalue weighted by molar-refractivity contribution is -0.125. The molecule has 1 aliphatic heterocycles. The molecule has 1 aromatic carbocycles. The first-order valence-electron chi connectivity index (χ1n) is 6.67. The van der Waals surface area contributed by atoms with Crippen LogP contribution in [0.3, 0.4) is 0 Å². The molecule has 0 bridgehead atoms. The van der Waals surface area contributed by atoms with Crippen LogP contribution in [0.4, 0.5) is 4.39 Å². The summed E-state index contributed by atoms with van der Waals surface area (Å²) in [5.41, 5.74) is 1.28. The minimum absolute atomic E-state index is 0.0292. The van der Waals surface area contributed by atoms with E-state index in [0.717, 1.165) is 18.4 Å². The fourth-order valence-corrected chi connectivity index (χ4v) is 2.85. The third-order valence-electron chi connectivity index (χ3n) is 3.60. The van der Waals surface area contributed by atoms with Crippen LogP contribution in [-0.2, 0) is 4.79 Å². The number of imidazole rings is 1. The number of halogens is 2. The molecular weight excluding hydrogens is 281 g/mol. The zero-order valence-corrected chi connectivity index (χ0v) is 11.8. The number of carbonyl (C=O) groups is 1. The summed E-state index contributed by atoms with van der Waals surface area (Å²) >= 11 is 6.18. The smallest absolute Gasteiger partial charge is 0.243 e. The first-order chi connectivity index (χ1) is 9.58. The maximum Gasteiger partial charge on any atom is 0.243 e. The number of alkyl halides is 1. The highest BCUT2D eigenvalue weighted by Crippen LogP contribution is 2.31. The van der Waals surface area contributed by atoms with E-state index >= 15 is 0 Å². The van der Waals surface area contributed by atoms with Crippen LogP contribution >= 0.6 is 11.6 Å². The van der Waals surface area contributed by atoms with Gasteiger partial charge in [-0.25, -0.2) is 9.37 Å². The summed E-state index contributed by atoms with van der Waals surface area (Å²) in [5, 5.41) is 2.51. The summed E-state index contributed by atoms with van der Waals surface area (Å²) in [6, 6.07) is 4.08. The van der Waals surface area contributed by atoms with Gasteiger partial charge in [0, 0.05) is 12.6 Å². The SMILES string of the molecule is CC(Cl)c1nc2cc(F)ccc2n1C1CCCNC1=O. The lowest BCUT2D eigenvalue weighted by atomic mass is 10.1. The Balaban J connectivity index is 2.20. The van der Waals surface area contributed by atoms with Crippen LogP contribution in [0.5, 0.6) is 0 Å². The number of benzene rings is 1. The number of nitrogens with zero attached hydrogens (tertiary/aromatic N) is 2. The fourth-order valence-electron chi connectivity index (χ4n) is 2.70. The van der Waals surface area contributed by atoms with Crippen molar-refractivity contribution in [3.8, 4) is 0 Å². The molecule has 1 amide bonds. The van der Waals surface area contributed by atoms with Crippen LogP contribution in [0.25, 0.3) is 11.0 Å². The van der Waals surface area contributed by atoms with E-state index in [0.29, 0.717) is 17.9 Å². The average Bonchev–Trinajstić information content (AvgIpc) is 2.78. The van der Waals surface area contributed by atoms with E-state index in [4.69, 9.17) is 11.6 Å². The van der Waals surface area contributed by atoms with Gasteiger partial charge < -0.3 is 9.88 Å². The van der Waals surface area contributed by atoms with Gasteiger partial charge in [0.1, 0.15) is 17.7 Å². The zero-order chi connectivity index (χ0) is 14.3. The van der Waals surface area contributed by atoms with Gasteiger partial charge in [0.25, 0.3) is 0 Å². The second kappa shape index (κ2) is 5.05. The summed E-state index contributed by atoms with van der Waals surface area (Å²) < 4.78 is 15.2. The van der Waals surface area contributed by atoms with E-state index in [2.05, 4.69) is 10.3 Å². The summed E-state index contributed by atoms with van der Waals surface area (Å²) in [5.74, 6) is 0.233. The molecule has 0 radical (unpaired) electrons. The number of hydrogen-bond acceptors (Lipinski definition) is 2. The standard InChI is InChI=1S/C14H15ClFN3O/c1-8(15)13-18-10-7-9(16)4-5-11(10)19(13)12-3-2-6-17-14(12)20/h4-5,7-8,12H,2-3,6H2,1H3,(H,17,20). The van der Waals surface area contributed by atoms with Crippen LogP contribution in [0.2, 0.25) is 0 Å². The first kappa shape index (κ1) is 13.4. The molecule has 0 saturated carbocycles. The van der Waals surface area contributed by atoms with Crippen molar-refractivity contribution in [3.05, 3.63) is 29.8 Å². The van der Waals surface area contributed by atoms with E-state index in [1.54, 1.807) is 13.0 Å². The molecule has 2 heterocycles. The van der Waals surface area contributed by atoms with Gasteiger partial charge in [0.05, 0.1) is 16.4 Å². The second-order valence-electron chi connectivity index (χ2n) is 5.04. The van der Waals surface area contributed by atoms with Crippen molar-refractivity contribution in [2.45, 2.75) is 31.2 Å². The molecule has 1 saturated heterocycles. The van der Waals surface area contributed by atoms with E-state index in [1.165, 1.54) is 12.1 Å². The van der Waals surface area contributed by atoms with Gasteiger partial charge >= 0.3 is 0 Å². The first-order valence-corrected chi connectivity index (χ1v) is 7.10. The van der Waals surface area contributed by atoms with Crippen molar-refractivity contribution in [2.24, 2.45) is 0 Å². The molecule has 4 nitrogen and oxygen atoms in total. The van der Waals surface area contributed by atoms with Crippen molar-refractivity contribution >= 4 is 28.5 Å². The Morgan fingerprint density at radius 2 is 2.35 bits per heavy atom. The highest BCUT2D eigenvalue weighted by atomic mass is 35.5. The van der Waals surface area contributed by atoms with Gasteiger partial charge in [-0.3, -0.25) is 4.79 Å². The molecule has 1 aliphatic rings. The molecule has 2 aromatic rings. The number of fused-ring (bicyclic) bond motifs is 1. The van der Waals surface area contributed by atoms with Crippen molar-refractivity contribution in [3.63, 3.8) is 0 Å². The van der Waals surface area contributed by atoms with Crippen LogP contribution in [0.15, 0.2) is 18.2 Å². The van der Waals surface area contributed by atoms with Gasteiger partial charge in [-0.1, -0.05) is 0 Å². The number of hydrogen-bond donors (Lipinski definition) is 1. The maximum absolute atomic E-state index is 13.3. The Kier molecular flexibility index (Phi) is 3.38. The Bertz CT molecular complexity index is 668. The number of carbonyl (C=O) groups excluding carboxylic acids is 1. The topological polar surface area (TPSA) is 46.9 Å². The third kappa shape index (κ3) is 2.16. The Morgan fingerprint density at radius 3 is 3.05 bits per heavy atom. The Labute approximate surface area is 120 Å². The molecule has 2 unspecified atom stereocenters. The van der Waals surface area contributed by atoms with E-state index < -0.39 is 0 Å². The molecule has 0 aliphatic carbocycles. The number of aromatic nitrogens is 2. The highest BCUT2D eigenvalue weighted by molar-refractivity contribution is 6.20. The minimum atomic E-state index is -0.347. The molecule has 0 spiro atoms. The van der Waals surface area contributed by atoms with Gasteiger partial charge in [0.2, 0.25) is 5.91 Å². The Morgan fingerprint density at radius 1 is 1.55 bits per heavy atom. The number of nitrogens with one attached hydrogen (secondary N) is 1. The maximum atomic E-state index is 13.3. The van der Waals surface area contributed by atoms with Crippen molar-refractivity contribution in [2.75, 3.05) is 6.54 Å². The van der Waals surface area contributed by atoms with Gasteiger partial charge in [-0.2, -0.15) is 0 Å². The summed E-state index contributed by atoms with van der Waals surface area (Å²) in [6.07, 6.45) is 1.65. The molecule has 1 N–H and O–H groups in total. The lowest BCUT2D eigenvalue weighted by Crippen LogP contribution is -2.38. The third-order valence-corrected chi connectivity index (χ3v) is 3.80. The largest absolute Gasteiger partial charge is 0.354 e. The van der Waals surface area contributed by atoms with E-state index in [-0.39, 0.29) is 23.1 Å². The monoisotopic (exact) mass is 295 g/mol. The molecule has 106 valence electrons. The van der Waals surface area contributed by atoms with Gasteiger partial charge in [-0.15, -0.1) is 11.6 Å². The van der Waals surface area contributed by atoms with Crippen LogP contribution in [0, 0.1) is 5.82 Å². The van der Waals surface area contributed by atoms with E-state index in [9.17, 15) is 9.18 Å². The fraction of sp³-hybridized carbons (Fsp3) is 0.429.